The smallest absolute Gasteiger partial charge is 0.340 e. The highest BCUT2D eigenvalue weighted by atomic mass is 16.5. The minimum atomic E-state index is -0.626. The molecular weight excluding hydrogens is 234 g/mol. The van der Waals surface area contributed by atoms with Gasteiger partial charge in [-0.2, -0.15) is 0 Å². The highest BCUT2D eigenvalue weighted by molar-refractivity contribution is 5.96. The first-order valence-corrected chi connectivity index (χ1v) is 5.68. The number of carbonyl (C=O) groups is 2. The summed E-state index contributed by atoms with van der Waals surface area (Å²) in [6, 6.07) is 4.75. The van der Waals surface area contributed by atoms with Gasteiger partial charge in [0.1, 0.15) is 0 Å². The molecule has 1 aliphatic carbocycles. The second-order valence-electron chi connectivity index (χ2n) is 4.26. The number of nitrogen functional groups attached to an aromatic ring is 2. The van der Waals surface area contributed by atoms with Crippen molar-refractivity contribution in [3.63, 3.8) is 0 Å². The fourth-order valence-corrected chi connectivity index (χ4v) is 1.47. The van der Waals surface area contributed by atoms with Crippen LogP contribution < -0.4 is 16.8 Å². The van der Waals surface area contributed by atoms with E-state index in [1.807, 2.05) is 0 Å². The van der Waals surface area contributed by atoms with Crippen LogP contribution in [0.2, 0.25) is 0 Å². The summed E-state index contributed by atoms with van der Waals surface area (Å²) in [5.74, 6) is -0.918. The van der Waals surface area contributed by atoms with E-state index in [1.54, 1.807) is 6.07 Å². The van der Waals surface area contributed by atoms with E-state index in [1.165, 1.54) is 12.1 Å². The van der Waals surface area contributed by atoms with Crippen molar-refractivity contribution in [1.82, 2.24) is 5.32 Å². The Morgan fingerprint density at radius 3 is 2.67 bits per heavy atom. The van der Waals surface area contributed by atoms with Crippen molar-refractivity contribution in [1.29, 1.82) is 0 Å². The molecule has 2 rings (SSSR count). The quantitative estimate of drug-likeness (QED) is 0.525. The third kappa shape index (κ3) is 3.13. The number of benzene rings is 1. The molecule has 1 saturated carbocycles. The number of hydrogen-bond donors (Lipinski definition) is 3. The van der Waals surface area contributed by atoms with Gasteiger partial charge in [-0.3, -0.25) is 4.79 Å². The summed E-state index contributed by atoms with van der Waals surface area (Å²) in [4.78, 5) is 23.0. The molecular formula is C12H15N3O3. The lowest BCUT2D eigenvalue weighted by Crippen LogP contribution is -2.30. The van der Waals surface area contributed by atoms with Crippen molar-refractivity contribution < 1.29 is 14.3 Å². The monoisotopic (exact) mass is 249 g/mol. The van der Waals surface area contributed by atoms with Crippen LogP contribution in [-0.4, -0.2) is 24.5 Å². The topological polar surface area (TPSA) is 107 Å². The number of rotatable bonds is 4. The van der Waals surface area contributed by atoms with Gasteiger partial charge in [0.25, 0.3) is 5.91 Å². The van der Waals surface area contributed by atoms with E-state index < -0.39 is 5.97 Å². The van der Waals surface area contributed by atoms with Crippen molar-refractivity contribution in [2.75, 3.05) is 18.1 Å². The van der Waals surface area contributed by atoms with E-state index in [0.717, 1.165) is 12.8 Å². The van der Waals surface area contributed by atoms with Crippen LogP contribution in [0.4, 0.5) is 11.4 Å². The number of amides is 1. The Bertz CT molecular complexity index is 483. The molecule has 6 heteroatoms. The Labute approximate surface area is 104 Å². The molecule has 0 unspecified atom stereocenters. The Morgan fingerprint density at radius 2 is 2.06 bits per heavy atom. The van der Waals surface area contributed by atoms with Crippen molar-refractivity contribution in [3.05, 3.63) is 23.8 Å². The second-order valence-corrected chi connectivity index (χ2v) is 4.26. The summed E-state index contributed by atoms with van der Waals surface area (Å²) in [6.07, 6.45) is 1.98. The van der Waals surface area contributed by atoms with E-state index in [9.17, 15) is 9.59 Å². The molecule has 0 radical (unpaired) electrons. The molecule has 0 spiro atoms. The number of hydrogen-bond acceptors (Lipinski definition) is 5. The van der Waals surface area contributed by atoms with Crippen molar-refractivity contribution >= 4 is 23.3 Å². The lowest BCUT2D eigenvalue weighted by molar-refractivity contribution is -0.124. The number of nitrogens with two attached hydrogens (primary N) is 2. The van der Waals surface area contributed by atoms with E-state index in [-0.39, 0.29) is 29.8 Å². The minimum absolute atomic E-state index is 0.212. The van der Waals surface area contributed by atoms with Crippen molar-refractivity contribution in [2.45, 2.75) is 18.9 Å². The summed E-state index contributed by atoms with van der Waals surface area (Å²) in [6.45, 7) is -0.293. The Balaban J connectivity index is 1.88. The average Bonchev–Trinajstić information content (AvgIpc) is 3.10. The maximum Gasteiger partial charge on any atom is 0.340 e. The van der Waals surface area contributed by atoms with Crippen molar-refractivity contribution in [3.8, 4) is 0 Å². The van der Waals surface area contributed by atoms with E-state index in [4.69, 9.17) is 16.2 Å². The molecule has 0 saturated heterocycles. The first kappa shape index (κ1) is 12.2. The molecule has 18 heavy (non-hydrogen) atoms. The summed E-state index contributed by atoms with van der Waals surface area (Å²) < 4.78 is 4.87. The third-order valence-corrected chi connectivity index (χ3v) is 2.57. The van der Waals surface area contributed by atoms with Gasteiger partial charge in [-0.05, 0) is 31.0 Å². The average molecular weight is 249 g/mol. The van der Waals surface area contributed by atoms with Crippen LogP contribution in [0.1, 0.15) is 23.2 Å². The molecule has 1 aromatic carbocycles. The van der Waals surface area contributed by atoms with Crippen LogP contribution >= 0.6 is 0 Å². The van der Waals surface area contributed by atoms with Crippen LogP contribution in [-0.2, 0) is 9.53 Å². The zero-order valence-corrected chi connectivity index (χ0v) is 9.81. The van der Waals surface area contributed by atoms with Crippen LogP contribution in [0.5, 0.6) is 0 Å². The van der Waals surface area contributed by atoms with Gasteiger partial charge < -0.3 is 21.5 Å². The number of nitrogens with one attached hydrogen (secondary N) is 1. The van der Waals surface area contributed by atoms with Crippen LogP contribution in [0.15, 0.2) is 18.2 Å². The number of carbonyl (C=O) groups excluding carboxylic acids is 2. The Kier molecular flexibility index (Phi) is 3.36. The fourth-order valence-electron chi connectivity index (χ4n) is 1.47. The molecule has 0 aliphatic heterocycles. The van der Waals surface area contributed by atoms with E-state index in [0.29, 0.717) is 5.69 Å². The van der Waals surface area contributed by atoms with Gasteiger partial charge in [-0.25, -0.2) is 4.79 Å². The van der Waals surface area contributed by atoms with Gasteiger partial charge in [-0.15, -0.1) is 0 Å². The summed E-state index contributed by atoms with van der Waals surface area (Å²) >= 11 is 0. The standard InChI is InChI=1S/C12H15N3O3/c13-7-1-4-9(10(14)5-7)12(17)18-6-11(16)15-8-2-3-8/h1,4-5,8H,2-3,6,13-14H2,(H,15,16). The first-order chi connectivity index (χ1) is 8.56. The van der Waals surface area contributed by atoms with Gasteiger partial charge in [0.15, 0.2) is 6.61 Å². The maximum absolute atomic E-state index is 11.7. The molecule has 0 aromatic heterocycles. The molecule has 0 bridgehead atoms. The first-order valence-electron chi connectivity index (χ1n) is 5.68. The predicted octanol–water partition coefficient (Wildman–Crippen LogP) is 0.286. The third-order valence-electron chi connectivity index (χ3n) is 2.57. The van der Waals surface area contributed by atoms with E-state index >= 15 is 0 Å². The molecule has 5 N–H and O–H groups in total. The minimum Gasteiger partial charge on any atom is -0.452 e. The molecule has 1 aliphatic rings. The highest BCUT2D eigenvalue weighted by Crippen LogP contribution is 2.19. The fraction of sp³-hybridized carbons (Fsp3) is 0.333. The number of anilines is 2. The zero-order valence-electron chi connectivity index (χ0n) is 9.81. The zero-order chi connectivity index (χ0) is 13.1. The van der Waals surface area contributed by atoms with Gasteiger partial charge in [-0.1, -0.05) is 0 Å². The van der Waals surface area contributed by atoms with E-state index in [2.05, 4.69) is 5.32 Å². The molecule has 1 aromatic rings. The van der Waals surface area contributed by atoms with Crippen LogP contribution in [0.25, 0.3) is 0 Å². The maximum atomic E-state index is 11.7. The second kappa shape index (κ2) is 4.95. The van der Waals surface area contributed by atoms with Gasteiger partial charge in [0.2, 0.25) is 0 Å². The van der Waals surface area contributed by atoms with Gasteiger partial charge in [0, 0.05) is 17.4 Å². The summed E-state index contributed by atoms with van der Waals surface area (Å²) in [5.41, 5.74) is 12.1. The van der Waals surface area contributed by atoms with Crippen LogP contribution in [0, 0.1) is 0 Å². The number of ether oxygens (including phenoxy) is 1. The van der Waals surface area contributed by atoms with Crippen molar-refractivity contribution in [2.24, 2.45) is 0 Å². The molecule has 0 atom stereocenters. The molecule has 1 fully saturated rings. The van der Waals surface area contributed by atoms with Crippen LogP contribution in [0.3, 0.4) is 0 Å². The Hall–Kier alpha value is -2.24. The normalized spacial score (nSPS) is 14.0. The molecule has 6 nitrogen and oxygen atoms in total. The SMILES string of the molecule is Nc1ccc(C(=O)OCC(=O)NC2CC2)c(N)c1. The number of esters is 1. The largest absolute Gasteiger partial charge is 0.452 e. The Morgan fingerprint density at radius 1 is 1.33 bits per heavy atom. The lowest BCUT2D eigenvalue weighted by Gasteiger charge is -2.07. The highest BCUT2D eigenvalue weighted by Gasteiger charge is 2.23. The molecule has 1 amide bonds. The van der Waals surface area contributed by atoms with Gasteiger partial charge >= 0.3 is 5.97 Å². The molecule has 96 valence electrons. The summed E-state index contributed by atoms with van der Waals surface area (Å²) in [5, 5.41) is 2.72. The predicted molar refractivity (Wildman–Crippen MR) is 66.7 cm³/mol. The lowest BCUT2D eigenvalue weighted by atomic mass is 10.1. The van der Waals surface area contributed by atoms with Gasteiger partial charge in [0.05, 0.1) is 5.56 Å². The molecule has 0 heterocycles. The summed E-state index contributed by atoms with van der Waals surface area (Å²) in [7, 11) is 0.